The zero-order chi connectivity index (χ0) is 22.2. The number of nitrogens with zero attached hydrogens (tertiary/aromatic N) is 2. The lowest BCUT2D eigenvalue weighted by molar-refractivity contribution is -0.123. The van der Waals surface area contributed by atoms with Gasteiger partial charge in [0.05, 0.1) is 5.69 Å². The van der Waals surface area contributed by atoms with Gasteiger partial charge in [0.25, 0.3) is 5.91 Å². The third-order valence-electron chi connectivity index (χ3n) is 5.70. The first kappa shape index (κ1) is 22.5. The average molecular weight is 426 g/mol. The van der Waals surface area contributed by atoms with E-state index in [9.17, 15) is 14.4 Å². The Labute approximate surface area is 182 Å². The van der Waals surface area contributed by atoms with Crippen molar-refractivity contribution >= 4 is 29.5 Å². The molecule has 1 fully saturated rings. The standard InChI is InChI=1S/C23H31N5O3/c1-3-8-21(22(30)25-16-9-5-4-6-10-16)28(19-12-7-11-17(13-19)24-2)23(31)20-14-18(15-29)26-27-20/h7,11-16,21,24H,3-6,8-10H2,1-2H3,(H,25,30)(H,26,27). The molecule has 0 aliphatic heterocycles. The molecule has 1 unspecified atom stereocenters. The maximum absolute atomic E-state index is 13.5. The Morgan fingerprint density at radius 1 is 1.26 bits per heavy atom. The molecule has 2 amide bonds. The van der Waals surface area contributed by atoms with E-state index in [2.05, 4.69) is 20.8 Å². The summed E-state index contributed by atoms with van der Waals surface area (Å²) in [6.45, 7) is 1.99. The summed E-state index contributed by atoms with van der Waals surface area (Å²) in [6, 6.07) is 8.25. The van der Waals surface area contributed by atoms with Gasteiger partial charge in [0, 0.05) is 24.5 Å². The summed E-state index contributed by atoms with van der Waals surface area (Å²) in [6.07, 6.45) is 7.21. The molecule has 1 aliphatic carbocycles. The van der Waals surface area contributed by atoms with Crippen LogP contribution in [0.5, 0.6) is 0 Å². The van der Waals surface area contributed by atoms with E-state index in [0.29, 0.717) is 18.4 Å². The normalized spacial score (nSPS) is 15.2. The summed E-state index contributed by atoms with van der Waals surface area (Å²) in [5.41, 5.74) is 1.74. The van der Waals surface area contributed by atoms with Crippen molar-refractivity contribution in [3.05, 3.63) is 41.7 Å². The third-order valence-corrected chi connectivity index (χ3v) is 5.70. The lowest BCUT2D eigenvalue weighted by atomic mass is 9.95. The fourth-order valence-electron chi connectivity index (χ4n) is 4.08. The number of anilines is 2. The highest BCUT2D eigenvalue weighted by atomic mass is 16.2. The van der Waals surface area contributed by atoms with Crippen LogP contribution in [-0.4, -0.2) is 47.4 Å². The van der Waals surface area contributed by atoms with E-state index in [1.807, 2.05) is 31.2 Å². The van der Waals surface area contributed by atoms with Crippen LogP contribution in [0.4, 0.5) is 11.4 Å². The van der Waals surface area contributed by atoms with Crippen LogP contribution in [-0.2, 0) is 4.79 Å². The minimum absolute atomic E-state index is 0.100. The highest BCUT2D eigenvalue weighted by Gasteiger charge is 2.33. The Morgan fingerprint density at radius 3 is 2.68 bits per heavy atom. The van der Waals surface area contributed by atoms with Crippen molar-refractivity contribution in [3.63, 3.8) is 0 Å². The second kappa shape index (κ2) is 10.7. The molecule has 1 atom stereocenters. The minimum atomic E-state index is -0.678. The number of aldehydes is 1. The van der Waals surface area contributed by atoms with Gasteiger partial charge in [0.2, 0.25) is 5.91 Å². The fourth-order valence-corrected chi connectivity index (χ4v) is 4.08. The first-order valence-electron chi connectivity index (χ1n) is 11.0. The van der Waals surface area contributed by atoms with Crippen LogP contribution in [0.25, 0.3) is 0 Å². The second-order valence-corrected chi connectivity index (χ2v) is 7.95. The number of carbonyl (C=O) groups is 3. The molecular weight excluding hydrogens is 394 g/mol. The molecule has 1 heterocycles. The van der Waals surface area contributed by atoms with E-state index in [-0.39, 0.29) is 23.3 Å². The van der Waals surface area contributed by atoms with Crippen LogP contribution in [0.1, 0.15) is 72.8 Å². The molecular formula is C23H31N5O3. The molecule has 1 aliphatic rings. The van der Waals surface area contributed by atoms with Crippen molar-refractivity contribution in [2.24, 2.45) is 0 Å². The van der Waals surface area contributed by atoms with E-state index >= 15 is 0 Å². The molecule has 8 heteroatoms. The minimum Gasteiger partial charge on any atom is -0.388 e. The van der Waals surface area contributed by atoms with Crippen molar-refractivity contribution in [2.75, 3.05) is 17.3 Å². The highest BCUT2D eigenvalue weighted by molar-refractivity contribution is 6.09. The van der Waals surface area contributed by atoms with Gasteiger partial charge < -0.3 is 10.6 Å². The van der Waals surface area contributed by atoms with E-state index < -0.39 is 11.9 Å². The maximum atomic E-state index is 13.5. The molecule has 0 radical (unpaired) electrons. The first-order valence-corrected chi connectivity index (χ1v) is 11.0. The van der Waals surface area contributed by atoms with Gasteiger partial charge in [0.1, 0.15) is 6.04 Å². The largest absolute Gasteiger partial charge is 0.388 e. The number of hydrogen-bond donors (Lipinski definition) is 3. The summed E-state index contributed by atoms with van der Waals surface area (Å²) in [5.74, 6) is -0.571. The molecule has 8 nitrogen and oxygen atoms in total. The average Bonchev–Trinajstić information content (AvgIpc) is 3.29. The van der Waals surface area contributed by atoms with Gasteiger partial charge in [-0.05, 0) is 43.5 Å². The van der Waals surface area contributed by atoms with Crippen LogP contribution >= 0.6 is 0 Å². The number of benzene rings is 1. The van der Waals surface area contributed by atoms with Crippen LogP contribution in [0.3, 0.4) is 0 Å². The molecule has 2 aromatic rings. The van der Waals surface area contributed by atoms with Crippen LogP contribution in [0, 0.1) is 0 Å². The first-order chi connectivity index (χ1) is 15.1. The predicted octanol–water partition coefficient (Wildman–Crippen LogP) is 3.53. The topological polar surface area (TPSA) is 107 Å². The Balaban J connectivity index is 1.96. The molecule has 3 N–H and O–H groups in total. The van der Waals surface area contributed by atoms with E-state index in [1.165, 1.54) is 17.4 Å². The van der Waals surface area contributed by atoms with E-state index in [1.54, 1.807) is 7.05 Å². The Morgan fingerprint density at radius 2 is 2.03 bits per heavy atom. The maximum Gasteiger partial charge on any atom is 0.279 e. The number of H-pyrrole nitrogens is 1. The van der Waals surface area contributed by atoms with Crippen molar-refractivity contribution in [1.82, 2.24) is 15.5 Å². The predicted molar refractivity (Wildman–Crippen MR) is 120 cm³/mol. The summed E-state index contributed by atoms with van der Waals surface area (Å²) in [7, 11) is 1.80. The summed E-state index contributed by atoms with van der Waals surface area (Å²) in [4.78, 5) is 39.4. The molecule has 3 rings (SSSR count). The van der Waals surface area contributed by atoms with Gasteiger partial charge in [-0.2, -0.15) is 5.10 Å². The fraction of sp³-hybridized carbons (Fsp3) is 0.478. The van der Waals surface area contributed by atoms with Crippen molar-refractivity contribution in [2.45, 2.75) is 64.0 Å². The lowest BCUT2D eigenvalue weighted by Gasteiger charge is -2.33. The van der Waals surface area contributed by atoms with Crippen LogP contribution in [0.15, 0.2) is 30.3 Å². The van der Waals surface area contributed by atoms with Crippen molar-refractivity contribution in [1.29, 1.82) is 0 Å². The van der Waals surface area contributed by atoms with Gasteiger partial charge in [-0.15, -0.1) is 0 Å². The monoisotopic (exact) mass is 425 g/mol. The molecule has 166 valence electrons. The van der Waals surface area contributed by atoms with E-state index in [0.717, 1.165) is 37.8 Å². The number of rotatable bonds is 9. The Hall–Kier alpha value is -3.16. The van der Waals surface area contributed by atoms with Gasteiger partial charge >= 0.3 is 0 Å². The Kier molecular flexibility index (Phi) is 7.81. The number of nitrogens with one attached hydrogen (secondary N) is 3. The molecule has 0 bridgehead atoms. The SMILES string of the molecule is CCCC(C(=O)NC1CCCCC1)N(C(=O)c1cc(C=O)[nH]n1)c1cccc(NC)c1. The number of carbonyl (C=O) groups excluding carboxylic acids is 3. The van der Waals surface area contributed by atoms with Gasteiger partial charge in [0.15, 0.2) is 12.0 Å². The van der Waals surface area contributed by atoms with Gasteiger partial charge in [-0.3, -0.25) is 24.4 Å². The van der Waals surface area contributed by atoms with Gasteiger partial charge in [-0.25, -0.2) is 0 Å². The molecule has 1 saturated carbocycles. The van der Waals surface area contributed by atoms with Gasteiger partial charge in [-0.1, -0.05) is 38.7 Å². The second-order valence-electron chi connectivity index (χ2n) is 7.95. The third kappa shape index (κ3) is 5.51. The summed E-state index contributed by atoms with van der Waals surface area (Å²) in [5, 5.41) is 12.8. The number of aromatic nitrogens is 2. The molecule has 1 aromatic heterocycles. The molecule has 0 spiro atoms. The quantitative estimate of drug-likeness (QED) is 0.533. The zero-order valence-electron chi connectivity index (χ0n) is 18.2. The van der Waals surface area contributed by atoms with Crippen LogP contribution in [0.2, 0.25) is 0 Å². The molecule has 1 aromatic carbocycles. The van der Waals surface area contributed by atoms with Crippen LogP contribution < -0.4 is 15.5 Å². The summed E-state index contributed by atoms with van der Waals surface area (Å²) < 4.78 is 0. The smallest absolute Gasteiger partial charge is 0.279 e. The van der Waals surface area contributed by atoms with Crippen molar-refractivity contribution in [3.8, 4) is 0 Å². The summed E-state index contributed by atoms with van der Waals surface area (Å²) >= 11 is 0. The molecule has 0 saturated heterocycles. The zero-order valence-corrected chi connectivity index (χ0v) is 18.2. The highest BCUT2D eigenvalue weighted by Crippen LogP contribution is 2.26. The van der Waals surface area contributed by atoms with E-state index in [4.69, 9.17) is 0 Å². The van der Waals surface area contributed by atoms with Crippen molar-refractivity contribution < 1.29 is 14.4 Å². The number of hydrogen-bond acceptors (Lipinski definition) is 5. The number of amides is 2. The molecule has 31 heavy (non-hydrogen) atoms. The lowest BCUT2D eigenvalue weighted by Crippen LogP contribution is -2.52. The number of aromatic amines is 1. The Bertz CT molecular complexity index is 904.